The van der Waals surface area contributed by atoms with E-state index in [0.29, 0.717) is 11.5 Å². The highest BCUT2D eigenvalue weighted by molar-refractivity contribution is 6.02. The van der Waals surface area contributed by atoms with Crippen molar-refractivity contribution in [1.82, 2.24) is 5.32 Å². The number of aryl methyl sites for hydroxylation is 2. The van der Waals surface area contributed by atoms with Gasteiger partial charge in [-0.3, -0.25) is 4.99 Å². The Kier molecular flexibility index (Phi) is 13.7. The maximum Gasteiger partial charge on any atom is 0.0453 e. The van der Waals surface area contributed by atoms with Crippen molar-refractivity contribution in [2.24, 2.45) is 10.4 Å². The molecule has 1 N–H and O–H groups in total. The summed E-state index contributed by atoms with van der Waals surface area (Å²) in [5.41, 5.74) is 9.80. The van der Waals surface area contributed by atoms with Crippen LogP contribution in [0.3, 0.4) is 0 Å². The number of hydrogen-bond acceptors (Lipinski definition) is 2. The molecule has 0 saturated carbocycles. The van der Waals surface area contributed by atoms with Crippen LogP contribution >= 0.6 is 0 Å². The van der Waals surface area contributed by atoms with E-state index < -0.39 is 0 Å². The van der Waals surface area contributed by atoms with Crippen molar-refractivity contribution in [2.45, 2.75) is 127 Å². The third-order valence-electron chi connectivity index (χ3n) is 7.24. The topological polar surface area (TPSA) is 24.4 Å². The van der Waals surface area contributed by atoms with E-state index >= 15 is 0 Å². The van der Waals surface area contributed by atoms with Crippen molar-refractivity contribution in [3.05, 3.63) is 57.8 Å². The van der Waals surface area contributed by atoms with Crippen LogP contribution in [0.2, 0.25) is 0 Å². The number of hydrogen-bond donors (Lipinski definition) is 1. The number of aliphatic imine (C=N–C) groups is 1. The fourth-order valence-electron chi connectivity index (χ4n) is 4.54. The van der Waals surface area contributed by atoms with E-state index in [9.17, 15) is 0 Å². The van der Waals surface area contributed by atoms with Gasteiger partial charge in [-0.05, 0) is 81.4 Å². The predicted octanol–water partition coefficient (Wildman–Crippen LogP) is 9.23. The molecule has 1 aromatic rings. The maximum absolute atomic E-state index is 5.27. The maximum atomic E-state index is 5.27. The highest BCUT2D eigenvalue weighted by Gasteiger charge is 2.20. The molecule has 0 radical (unpaired) electrons. The van der Waals surface area contributed by atoms with Gasteiger partial charge in [0.2, 0.25) is 0 Å². The molecule has 1 rings (SSSR count). The number of rotatable bonds is 15. The second kappa shape index (κ2) is 15.4. The number of unbranched alkanes of at least 4 members (excludes halogenated alkanes) is 1. The monoisotopic (exact) mass is 466 g/mol. The third-order valence-corrected chi connectivity index (χ3v) is 7.24. The Labute approximate surface area is 212 Å². The van der Waals surface area contributed by atoms with Gasteiger partial charge < -0.3 is 5.32 Å². The predicted molar refractivity (Wildman–Crippen MR) is 154 cm³/mol. The third kappa shape index (κ3) is 9.53. The summed E-state index contributed by atoms with van der Waals surface area (Å²) in [4.78, 5) is 5.27. The van der Waals surface area contributed by atoms with Gasteiger partial charge >= 0.3 is 0 Å². The second-order valence-electron chi connectivity index (χ2n) is 10.7. The highest BCUT2D eigenvalue weighted by atomic mass is 14.9. The Hall–Kier alpha value is -1.67. The van der Waals surface area contributed by atoms with E-state index in [1.165, 1.54) is 60.1 Å². The minimum atomic E-state index is 0.298. The number of benzene rings is 1. The van der Waals surface area contributed by atoms with Gasteiger partial charge in [-0.1, -0.05) is 91.2 Å². The summed E-state index contributed by atoms with van der Waals surface area (Å²) >= 11 is 0. The summed E-state index contributed by atoms with van der Waals surface area (Å²) in [5.74, 6) is 0. The zero-order valence-electron chi connectivity index (χ0n) is 24.2. The minimum absolute atomic E-state index is 0.298. The SMILES string of the molecule is CCC/C=C(\CCC)C/C(=C(\C)N=C(C)c1c(CC)cccc1CC)C(C)NCC(C)(C)CC. The van der Waals surface area contributed by atoms with Crippen molar-refractivity contribution in [3.8, 4) is 0 Å². The molecule has 2 heteroatoms. The van der Waals surface area contributed by atoms with Crippen LogP contribution in [0.4, 0.5) is 0 Å². The van der Waals surface area contributed by atoms with Crippen LogP contribution in [-0.4, -0.2) is 18.3 Å². The van der Waals surface area contributed by atoms with Gasteiger partial charge in [-0.25, -0.2) is 0 Å². The molecule has 0 aliphatic rings. The van der Waals surface area contributed by atoms with E-state index in [4.69, 9.17) is 4.99 Å². The number of allylic oxidation sites excluding steroid dienone is 3. The van der Waals surface area contributed by atoms with E-state index in [-0.39, 0.29) is 0 Å². The van der Waals surface area contributed by atoms with Gasteiger partial charge in [0, 0.05) is 29.6 Å². The van der Waals surface area contributed by atoms with Crippen LogP contribution in [-0.2, 0) is 12.8 Å². The van der Waals surface area contributed by atoms with Crippen LogP contribution < -0.4 is 5.32 Å². The lowest BCUT2D eigenvalue weighted by molar-refractivity contribution is 0.318. The summed E-state index contributed by atoms with van der Waals surface area (Å²) in [6.45, 7) is 23.8. The molecule has 1 aromatic carbocycles. The van der Waals surface area contributed by atoms with Gasteiger partial charge in [-0.2, -0.15) is 0 Å². The largest absolute Gasteiger partial charge is 0.310 e. The van der Waals surface area contributed by atoms with E-state index in [1.807, 2.05) is 0 Å². The van der Waals surface area contributed by atoms with Crippen molar-refractivity contribution in [2.75, 3.05) is 6.54 Å². The summed E-state index contributed by atoms with van der Waals surface area (Å²) < 4.78 is 0. The normalized spacial score (nSPS) is 14.9. The minimum Gasteiger partial charge on any atom is -0.310 e. The first kappa shape index (κ1) is 30.4. The molecule has 1 atom stereocenters. The van der Waals surface area contributed by atoms with Crippen LogP contribution in [0.5, 0.6) is 0 Å². The van der Waals surface area contributed by atoms with Crippen molar-refractivity contribution in [1.29, 1.82) is 0 Å². The summed E-state index contributed by atoms with van der Waals surface area (Å²) in [6, 6.07) is 7.02. The Morgan fingerprint density at radius 2 is 1.62 bits per heavy atom. The van der Waals surface area contributed by atoms with Gasteiger partial charge in [-0.15, -0.1) is 0 Å². The molecule has 0 aromatic heterocycles. The van der Waals surface area contributed by atoms with Crippen molar-refractivity contribution >= 4 is 5.71 Å². The molecule has 34 heavy (non-hydrogen) atoms. The van der Waals surface area contributed by atoms with Crippen LogP contribution in [0.25, 0.3) is 0 Å². The Bertz CT molecular complexity index is 816. The lowest BCUT2D eigenvalue weighted by atomic mass is 9.89. The molecular weight excluding hydrogens is 412 g/mol. The lowest BCUT2D eigenvalue weighted by Crippen LogP contribution is -2.36. The molecule has 0 fully saturated rings. The molecule has 2 nitrogen and oxygen atoms in total. The molecule has 0 aliphatic heterocycles. The molecule has 0 bridgehead atoms. The smallest absolute Gasteiger partial charge is 0.0453 e. The quantitative estimate of drug-likeness (QED) is 0.202. The highest BCUT2D eigenvalue weighted by Crippen LogP contribution is 2.26. The molecule has 0 saturated heterocycles. The van der Waals surface area contributed by atoms with Crippen molar-refractivity contribution < 1.29 is 0 Å². The first-order valence-corrected chi connectivity index (χ1v) is 13.9. The summed E-state index contributed by atoms with van der Waals surface area (Å²) in [5, 5.41) is 3.86. The fraction of sp³-hybridized carbons (Fsp3) is 0.656. The summed E-state index contributed by atoms with van der Waals surface area (Å²) in [6.07, 6.45) is 11.5. The zero-order valence-corrected chi connectivity index (χ0v) is 24.2. The summed E-state index contributed by atoms with van der Waals surface area (Å²) in [7, 11) is 0. The van der Waals surface area contributed by atoms with Gasteiger partial charge in [0.15, 0.2) is 0 Å². The molecule has 192 valence electrons. The van der Waals surface area contributed by atoms with E-state index in [0.717, 1.165) is 31.5 Å². The van der Waals surface area contributed by atoms with Crippen molar-refractivity contribution in [3.63, 3.8) is 0 Å². The molecule has 0 heterocycles. The number of nitrogens with one attached hydrogen (secondary N) is 1. The fourth-order valence-corrected chi connectivity index (χ4v) is 4.54. The standard InChI is InChI=1S/C32H54N2/c1-11-16-19-27(18-12-2)22-30(24(6)33-23-32(9,10)15-5)25(7)34-26(8)31-28(13-3)20-17-21-29(31)14-4/h17,19-21,24,33H,11-16,18,22-23H2,1-10H3/b27-19+,30-25-,34-26?. The average Bonchev–Trinajstić information content (AvgIpc) is 2.83. The number of nitrogens with zero attached hydrogens (tertiary/aromatic N) is 1. The second-order valence-corrected chi connectivity index (χ2v) is 10.7. The van der Waals surface area contributed by atoms with Gasteiger partial charge in [0.05, 0.1) is 0 Å². The Morgan fingerprint density at radius 1 is 1.00 bits per heavy atom. The molecule has 0 spiro atoms. The Balaban J connectivity index is 3.49. The average molecular weight is 467 g/mol. The van der Waals surface area contributed by atoms with Crippen LogP contribution in [0, 0.1) is 5.41 Å². The van der Waals surface area contributed by atoms with Gasteiger partial charge in [0.25, 0.3) is 0 Å². The molecule has 0 aliphatic carbocycles. The zero-order chi connectivity index (χ0) is 25.7. The molecular formula is C32H54N2. The first-order chi connectivity index (χ1) is 16.1. The Morgan fingerprint density at radius 3 is 2.12 bits per heavy atom. The van der Waals surface area contributed by atoms with E-state index in [1.54, 1.807) is 5.57 Å². The van der Waals surface area contributed by atoms with Gasteiger partial charge in [0.1, 0.15) is 0 Å². The van der Waals surface area contributed by atoms with Crippen LogP contribution in [0.1, 0.15) is 124 Å². The van der Waals surface area contributed by atoms with E-state index in [2.05, 4.69) is 98.8 Å². The lowest BCUT2D eigenvalue weighted by Gasteiger charge is -2.28. The molecule has 0 amide bonds. The first-order valence-electron chi connectivity index (χ1n) is 13.9. The molecule has 1 unspecified atom stereocenters. The van der Waals surface area contributed by atoms with Crippen LogP contribution in [0.15, 0.2) is 46.1 Å².